The summed E-state index contributed by atoms with van der Waals surface area (Å²) in [6.07, 6.45) is 1.13. The van der Waals surface area contributed by atoms with E-state index >= 15 is 0 Å². The number of hydrogen-bond acceptors (Lipinski definition) is 3. The number of fused-ring (bicyclic) bond motifs is 8. The topological polar surface area (TPSA) is 48.5 Å². The molecule has 0 spiro atoms. The van der Waals surface area contributed by atoms with Crippen LogP contribution in [0.15, 0.2) is 212 Å². The molecule has 0 radical (unpaired) electrons. The normalized spacial score (nSPS) is 14.0. The maximum atomic E-state index is 5.48. The van der Waals surface area contributed by atoms with Gasteiger partial charge in [-0.25, -0.2) is 4.98 Å². The van der Waals surface area contributed by atoms with Crippen molar-refractivity contribution < 1.29 is 0 Å². The average molecular weight is 888 g/mol. The van der Waals surface area contributed by atoms with E-state index in [9.17, 15) is 0 Å². The zero-order chi connectivity index (χ0) is 46.4. The first kappa shape index (κ1) is 40.8. The van der Waals surface area contributed by atoms with Gasteiger partial charge in [0.2, 0.25) is 5.95 Å². The molecule has 1 aliphatic carbocycles. The van der Waals surface area contributed by atoms with Crippen molar-refractivity contribution in [2.75, 3.05) is 0 Å². The number of hydrogen-bond donors (Lipinski definition) is 0. The molecule has 330 valence electrons. The summed E-state index contributed by atoms with van der Waals surface area (Å²) in [6.45, 7) is 9.59. The van der Waals surface area contributed by atoms with Gasteiger partial charge in [-0.05, 0) is 98.2 Å². The number of benzene rings is 9. The molecule has 5 nitrogen and oxygen atoms in total. The molecule has 5 heteroatoms. The van der Waals surface area contributed by atoms with E-state index in [0.29, 0.717) is 17.6 Å². The zero-order valence-electron chi connectivity index (χ0n) is 39.2. The summed E-state index contributed by atoms with van der Waals surface area (Å²) in [6, 6.07) is 76.2. The highest BCUT2D eigenvalue weighted by molar-refractivity contribution is 6.23. The first-order valence-electron chi connectivity index (χ1n) is 24.0. The van der Waals surface area contributed by atoms with Gasteiger partial charge in [0.05, 0.1) is 22.1 Å². The van der Waals surface area contributed by atoms with Crippen molar-refractivity contribution in [3.63, 3.8) is 0 Å². The zero-order valence-corrected chi connectivity index (χ0v) is 39.2. The third kappa shape index (κ3) is 6.63. The lowest BCUT2D eigenvalue weighted by Gasteiger charge is -2.24. The van der Waals surface area contributed by atoms with Crippen molar-refractivity contribution in [1.82, 2.24) is 24.1 Å². The number of rotatable bonds is 7. The molecule has 0 amide bonds. The van der Waals surface area contributed by atoms with Crippen molar-refractivity contribution in [2.24, 2.45) is 0 Å². The lowest BCUT2D eigenvalue weighted by molar-refractivity contribution is 0.403. The first-order chi connectivity index (χ1) is 33.7. The fraction of sp³-hybridized carbons (Fsp3) is 0.109. The molecule has 13 rings (SSSR count). The Morgan fingerprint density at radius 3 is 1.42 bits per heavy atom. The van der Waals surface area contributed by atoms with Gasteiger partial charge in [0, 0.05) is 38.4 Å². The van der Waals surface area contributed by atoms with E-state index in [1.165, 1.54) is 27.6 Å². The molecule has 0 saturated heterocycles. The fourth-order valence-corrected chi connectivity index (χ4v) is 11.8. The Labute approximate surface area is 402 Å². The van der Waals surface area contributed by atoms with Gasteiger partial charge >= 0.3 is 0 Å². The largest absolute Gasteiger partial charge is 0.307 e. The molecule has 0 atom stereocenters. The summed E-state index contributed by atoms with van der Waals surface area (Å²) in [5.74, 6) is 1.76. The second-order valence-corrected chi connectivity index (χ2v) is 20.0. The molecule has 3 aromatic heterocycles. The van der Waals surface area contributed by atoms with E-state index in [2.05, 4.69) is 249 Å². The van der Waals surface area contributed by atoms with E-state index in [-0.39, 0.29) is 10.8 Å². The van der Waals surface area contributed by atoms with E-state index in [1.54, 1.807) is 0 Å². The molecule has 0 unspecified atom stereocenters. The second-order valence-electron chi connectivity index (χ2n) is 20.0. The lowest BCUT2D eigenvalue weighted by atomic mass is 9.80. The Kier molecular flexibility index (Phi) is 9.22. The predicted octanol–water partition coefficient (Wildman–Crippen LogP) is 16.4. The second kappa shape index (κ2) is 15.6. The van der Waals surface area contributed by atoms with E-state index in [0.717, 1.165) is 83.7 Å². The smallest absolute Gasteiger partial charge is 0.238 e. The summed E-state index contributed by atoms with van der Waals surface area (Å²) in [7, 11) is 0. The molecule has 0 saturated carbocycles. The van der Waals surface area contributed by atoms with Crippen LogP contribution in [-0.2, 0) is 10.8 Å². The Morgan fingerprint density at radius 2 is 0.841 bits per heavy atom. The van der Waals surface area contributed by atoms with Crippen LogP contribution in [0.1, 0.15) is 45.2 Å². The van der Waals surface area contributed by atoms with Crippen molar-refractivity contribution >= 4 is 43.6 Å². The molecule has 1 aliphatic rings. The van der Waals surface area contributed by atoms with Crippen LogP contribution in [0.3, 0.4) is 0 Å². The minimum atomic E-state index is 0.0735. The Hall–Kier alpha value is -8.41. The van der Waals surface area contributed by atoms with Crippen LogP contribution in [0.4, 0.5) is 0 Å². The molecule has 69 heavy (non-hydrogen) atoms. The van der Waals surface area contributed by atoms with Crippen molar-refractivity contribution in [1.29, 1.82) is 0 Å². The van der Waals surface area contributed by atoms with E-state index in [1.807, 2.05) is 0 Å². The Balaban J connectivity index is 1.07. The molecule has 9 aromatic carbocycles. The predicted molar refractivity (Wildman–Crippen MR) is 286 cm³/mol. The number of nitrogens with zero attached hydrogens (tertiary/aromatic N) is 5. The van der Waals surface area contributed by atoms with Crippen LogP contribution in [0.2, 0.25) is 0 Å². The van der Waals surface area contributed by atoms with Crippen molar-refractivity contribution in [2.45, 2.75) is 44.9 Å². The van der Waals surface area contributed by atoms with Crippen molar-refractivity contribution in [3.8, 4) is 67.8 Å². The van der Waals surface area contributed by atoms with Gasteiger partial charge in [0.1, 0.15) is 0 Å². The number of para-hydroxylation sites is 2. The van der Waals surface area contributed by atoms with Gasteiger partial charge in [0.15, 0.2) is 11.6 Å². The van der Waals surface area contributed by atoms with Crippen molar-refractivity contribution in [3.05, 3.63) is 223 Å². The minimum Gasteiger partial charge on any atom is -0.307 e. The maximum absolute atomic E-state index is 5.48. The van der Waals surface area contributed by atoms with Crippen LogP contribution < -0.4 is 0 Å². The SMILES string of the molecule is CC1(C)CC(C)(C)c2c(-c3ccc(-n4c5ccccc5c5ccc6c7ccccc7n(-c7nc(-c8cccc(-c9ccccc9)c8)nc(-c8cccc(-c9ccccc9)c8)n7)c6c54)cc3)cccc21. The average Bonchev–Trinajstić information content (AvgIpc) is 3.98. The molecule has 3 heterocycles. The molecular formula is C64H49N5. The van der Waals surface area contributed by atoms with E-state index < -0.39 is 0 Å². The monoisotopic (exact) mass is 887 g/mol. The minimum absolute atomic E-state index is 0.0735. The maximum Gasteiger partial charge on any atom is 0.238 e. The number of aromatic nitrogens is 5. The standard InChI is InChI=1S/C64H49N5/c1-63(2)40-64(3,4)57-49(28-17-29-54(57)63)43-32-34-48(35-33-43)68-55-30-13-11-26-50(55)52-36-37-53-51-27-12-14-31-56(51)69(59(53)58(52)68)62-66-60(46-24-15-22-44(38-46)41-18-7-5-8-19-41)65-61(67-62)47-25-16-23-45(39-47)42-20-9-6-10-21-42/h5-39H,40H2,1-4H3. The Morgan fingerprint density at radius 1 is 0.362 bits per heavy atom. The third-order valence-corrected chi connectivity index (χ3v) is 14.5. The molecule has 0 aliphatic heterocycles. The summed E-state index contributed by atoms with van der Waals surface area (Å²) in [4.78, 5) is 16.3. The molecule has 0 bridgehead atoms. The highest BCUT2D eigenvalue weighted by atomic mass is 15.2. The van der Waals surface area contributed by atoms with E-state index in [4.69, 9.17) is 15.0 Å². The van der Waals surface area contributed by atoms with Crippen LogP contribution in [-0.4, -0.2) is 24.1 Å². The van der Waals surface area contributed by atoms with Gasteiger partial charge in [0.25, 0.3) is 0 Å². The van der Waals surface area contributed by atoms with Gasteiger partial charge < -0.3 is 4.57 Å². The molecule has 0 fully saturated rings. The fourth-order valence-electron chi connectivity index (χ4n) is 11.8. The van der Waals surface area contributed by atoms with Crippen LogP contribution in [0, 0.1) is 0 Å². The van der Waals surface area contributed by atoms with Crippen LogP contribution >= 0.6 is 0 Å². The molecule has 12 aromatic rings. The highest BCUT2D eigenvalue weighted by Gasteiger charge is 2.43. The highest BCUT2D eigenvalue weighted by Crippen LogP contribution is 2.53. The van der Waals surface area contributed by atoms with Gasteiger partial charge in [-0.3, -0.25) is 4.57 Å². The van der Waals surface area contributed by atoms with Crippen LogP contribution in [0.25, 0.3) is 111 Å². The third-order valence-electron chi connectivity index (χ3n) is 14.5. The Bertz CT molecular complexity index is 3870. The first-order valence-corrected chi connectivity index (χ1v) is 24.0. The summed E-state index contributed by atoms with van der Waals surface area (Å²) >= 11 is 0. The quantitative estimate of drug-likeness (QED) is 0.160. The summed E-state index contributed by atoms with van der Waals surface area (Å²) in [5, 5.41) is 4.61. The summed E-state index contributed by atoms with van der Waals surface area (Å²) in [5.41, 5.74) is 17.4. The molecule has 0 N–H and O–H groups in total. The van der Waals surface area contributed by atoms with Gasteiger partial charge in [-0.1, -0.05) is 204 Å². The summed E-state index contributed by atoms with van der Waals surface area (Å²) < 4.78 is 4.73. The van der Waals surface area contributed by atoms with Crippen LogP contribution in [0.5, 0.6) is 0 Å². The lowest BCUT2D eigenvalue weighted by Crippen LogP contribution is -2.18. The van der Waals surface area contributed by atoms with Gasteiger partial charge in [-0.15, -0.1) is 0 Å². The van der Waals surface area contributed by atoms with Gasteiger partial charge in [-0.2, -0.15) is 9.97 Å². The molecular weight excluding hydrogens is 839 g/mol.